The van der Waals surface area contributed by atoms with Crippen molar-refractivity contribution in [3.8, 4) is 0 Å². The first-order chi connectivity index (χ1) is 20.6. The SMILES string of the molecule is CCc1ccccc1N(CC(=O)N(Cc1ccccc1F)[C@H](Cc1ccccc1)C(=O)NC)S(=O)(=O)c1ccc(C)cc1. The van der Waals surface area contributed by atoms with Gasteiger partial charge in [0.1, 0.15) is 18.4 Å². The summed E-state index contributed by atoms with van der Waals surface area (Å²) in [7, 11) is -2.74. The molecule has 0 aliphatic heterocycles. The molecular weight excluding hydrogens is 565 g/mol. The number of aryl methyl sites for hydroxylation is 2. The quantitative estimate of drug-likeness (QED) is 0.240. The van der Waals surface area contributed by atoms with Crippen LogP contribution in [0.1, 0.15) is 29.2 Å². The molecule has 2 amide bonds. The first-order valence-corrected chi connectivity index (χ1v) is 15.6. The average molecular weight is 602 g/mol. The summed E-state index contributed by atoms with van der Waals surface area (Å²) < 4.78 is 44.3. The minimum atomic E-state index is -4.21. The van der Waals surface area contributed by atoms with Gasteiger partial charge in [-0.2, -0.15) is 0 Å². The molecule has 9 heteroatoms. The summed E-state index contributed by atoms with van der Waals surface area (Å²) in [5, 5.41) is 2.63. The highest BCUT2D eigenvalue weighted by molar-refractivity contribution is 7.92. The van der Waals surface area contributed by atoms with Crippen molar-refractivity contribution in [2.45, 2.75) is 44.2 Å². The van der Waals surface area contributed by atoms with E-state index in [-0.39, 0.29) is 23.4 Å². The lowest BCUT2D eigenvalue weighted by Gasteiger charge is -2.34. The maximum absolute atomic E-state index is 14.9. The molecule has 1 atom stereocenters. The molecular formula is C34H36FN3O4S. The first-order valence-electron chi connectivity index (χ1n) is 14.1. The van der Waals surface area contributed by atoms with E-state index in [1.807, 2.05) is 56.3 Å². The van der Waals surface area contributed by atoms with Crippen LogP contribution in [0, 0.1) is 12.7 Å². The van der Waals surface area contributed by atoms with E-state index in [9.17, 15) is 22.4 Å². The molecule has 0 saturated carbocycles. The molecule has 4 rings (SSSR count). The molecule has 43 heavy (non-hydrogen) atoms. The smallest absolute Gasteiger partial charge is 0.264 e. The standard InChI is InChI=1S/C34H36FN3O4S/c1-4-27-14-9-11-17-31(27)38(43(41,42)29-20-18-25(2)19-21-29)24-33(39)37(23-28-15-8-10-16-30(28)35)32(34(40)36-3)22-26-12-6-5-7-13-26/h5-21,32H,4,22-24H2,1-3H3,(H,36,40)/t32-/m1/s1. The molecule has 0 heterocycles. The van der Waals surface area contributed by atoms with Gasteiger partial charge in [0.05, 0.1) is 10.6 Å². The highest BCUT2D eigenvalue weighted by Gasteiger charge is 2.35. The van der Waals surface area contributed by atoms with Crippen LogP contribution in [-0.4, -0.2) is 44.8 Å². The summed E-state index contributed by atoms with van der Waals surface area (Å²) in [5.74, 6) is -1.62. The third-order valence-electron chi connectivity index (χ3n) is 7.35. The summed E-state index contributed by atoms with van der Waals surface area (Å²) >= 11 is 0. The number of amides is 2. The monoisotopic (exact) mass is 601 g/mol. The molecule has 0 fully saturated rings. The fraction of sp³-hybridized carbons (Fsp3) is 0.235. The highest BCUT2D eigenvalue weighted by atomic mass is 32.2. The van der Waals surface area contributed by atoms with Crippen LogP contribution in [0.25, 0.3) is 0 Å². The van der Waals surface area contributed by atoms with E-state index >= 15 is 0 Å². The zero-order valence-corrected chi connectivity index (χ0v) is 25.4. The lowest BCUT2D eigenvalue weighted by Crippen LogP contribution is -2.53. The predicted molar refractivity (Wildman–Crippen MR) is 166 cm³/mol. The first kappa shape index (κ1) is 31.4. The third-order valence-corrected chi connectivity index (χ3v) is 9.12. The summed E-state index contributed by atoms with van der Waals surface area (Å²) in [6.07, 6.45) is 0.676. The van der Waals surface area contributed by atoms with Gasteiger partial charge >= 0.3 is 0 Å². The second-order valence-corrected chi connectivity index (χ2v) is 12.1. The molecule has 0 aromatic heterocycles. The van der Waals surface area contributed by atoms with Gasteiger partial charge in [-0.25, -0.2) is 12.8 Å². The maximum atomic E-state index is 14.9. The molecule has 0 radical (unpaired) electrons. The van der Waals surface area contributed by atoms with E-state index in [0.29, 0.717) is 12.1 Å². The number of carbonyl (C=O) groups excluding carboxylic acids is 2. The second-order valence-electron chi connectivity index (χ2n) is 10.2. The molecule has 0 aliphatic carbocycles. The number of hydrogen-bond donors (Lipinski definition) is 1. The van der Waals surface area contributed by atoms with Gasteiger partial charge < -0.3 is 10.2 Å². The van der Waals surface area contributed by atoms with E-state index < -0.39 is 40.2 Å². The van der Waals surface area contributed by atoms with Gasteiger partial charge in [0, 0.05) is 25.6 Å². The van der Waals surface area contributed by atoms with Crippen LogP contribution in [0.2, 0.25) is 0 Å². The summed E-state index contributed by atoms with van der Waals surface area (Å²) in [6, 6.07) is 27.6. The lowest BCUT2D eigenvalue weighted by atomic mass is 10.0. The number of carbonyl (C=O) groups is 2. The van der Waals surface area contributed by atoms with Gasteiger partial charge in [-0.1, -0.05) is 91.3 Å². The highest BCUT2D eigenvalue weighted by Crippen LogP contribution is 2.29. The van der Waals surface area contributed by atoms with E-state index in [1.165, 1.54) is 30.1 Å². The zero-order valence-electron chi connectivity index (χ0n) is 24.5. The minimum absolute atomic E-state index is 0.0320. The van der Waals surface area contributed by atoms with E-state index in [2.05, 4.69) is 5.32 Å². The Balaban J connectivity index is 1.82. The Morgan fingerprint density at radius 3 is 2.07 bits per heavy atom. The number of nitrogens with one attached hydrogen (secondary N) is 1. The maximum Gasteiger partial charge on any atom is 0.264 e. The largest absolute Gasteiger partial charge is 0.357 e. The molecule has 0 spiro atoms. The van der Waals surface area contributed by atoms with Crippen LogP contribution < -0.4 is 9.62 Å². The number of para-hydroxylation sites is 1. The Labute approximate surface area is 253 Å². The van der Waals surface area contributed by atoms with E-state index in [4.69, 9.17) is 0 Å². The van der Waals surface area contributed by atoms with Crippen molar-refractivity contribution in [2.75, 3.05) is 17.9 Å². The van der Waals surface area contributed by atoms with Crippen LogP contribution in [-0.2, 0) is 39.0 Å². The summed E-state index contributed by atoms with van der Waals surface area (Å²) in [4.78, 5) is 29.0. The Bertz CT molecular complexity index is 1660. The number of anilines is 1. The van der Waals surface area contributed by atoms with Crippen molar-refractivity contribution >= 4 is 27.5 Å². The number of rotatable bonds is 12. The summed E-state index contributed by atoms with van der Waals surface area (Å²) in [5.41, 5.74) is 2.99. The minimum Gasteiger partial charge on any atom is -0.357 e. The van der Waals surface area contributed by atoms with Gasteiger partial charge in [0.2, 0.25) is 11.8 Å². The Morgan fingerprint density at radius 2 is 1.44 bits per heavy atom. The number of nitrogens with zero attached hydrogens (tertiary/aromatic N) is 2. The molecule has 0 bridgehead atoms. The van der Waals surface area contributed by atoms with Crippen LogP contribution in [0.3, 0.4) is 0 Å². The van der Waals surface area contributed by atoms with Crippen molar-refractivity contribution < 1.29 is 22.4 Å². The van der Waals surface area contributed by atoms with Crippen LogP contribution >= 0.6 is 0 Å². The third kappa shape index (κ3) is 7.48. The van der Waals surface area contributed by atoms with Gasteiger partial charge in [-0.3, -0.25) is 13.9 Å². The Kier molecular flexibility index (Phi) is 10.3. The Morgan fingerprint density at radius 1 is 0.837 bits per heavy atom. The number of benzene rings is 4. The molecule has 0 aliphatic rings. The van der Waals surface area contributed by atoms with E-state index in [0.717, 1.165) is 21.0 Å². The molecule has 0 saturated heterocycles. The molecule has 224 valence electrons. The number of sulfonamides is 1. The molecule has 4 aromatic carbocycles. The van der Waals surface area contributed by atoms with Crippen molar-refractivity contribution in [1.82, 2.24) is 10.2 Å². The predicted octanol–water partition coefficient (Wildman–Crippen LogP) is 5.28. The van der Waals surface area contributed by atoms with Gasteiger partial charge in [0.15, 0.2) is 0 Å². The average Bonchev–Trinajstić information content (AvgIpc) is 3.02. The van der Waals surface area contributed by atoms with Gasteiger partial charge in [-0.15, -0.1) is 0 Å². The molecule has 7 nitrogen and oxygen atoms in total. The van der Waals surface area contributed by atoms with Crippen LogP contribution in [0.4, 0.5) is 10.1 Å². The fourth-order valence-corrected chi connectivity index (χ4v) is 6.39. The van der Waals surface area contributed by atoms with Crippen molar-refractivity contribution in [3.05, 3.63) is 131 Å². The van der Waals surface area contributed by atoms with Crippen molar-refractivity contribution in [1.29, 1.82) is 0 Å². The number of hydrogen-bond acceptors (Lipinski definition) is 4. The van der Waals surface area contributed by atoms with Crippen molar-refractivity contribution in [3.63, 3.8) is 0 Å². The van der Waals surface area contributed by atoms with Crippen molar-refractivity contribution in [2.24, 2.45) is 0 Å². The van der Waals surface area contributed by atoms with E-state index in [1.54, 1.807) is 42.5 Å². The summed E-state index contributed by atoms with van der Waals surface area (Å²) in [6.45, 7) is 2.94. The lowest BCUT2D eigenvalue weighted by molar-refractivity contribution is -0.139. The Hall–Kier alpha value is -4.50. The number of likely N-dealkylation sites (N-methyl/N-ethyl adjacent to an activating group) is 1. The second kappa shape index (κ2) is 14.1. The number of halogens is 1. The van der Waals surface area contributed by atoms with Crippen LogP contribution in [0.5, 0.6) is 0 Å². The van der Waals surface area contributed by atoms with Crippen LogP contribution in [0.15, 0.2) is 108 Å². The van der Waals surface area contributed by atoms with Gasteiger partial charge in [0.25, 0.3) is 10.0 Å². The fourth-order valence-electron chi connectivity index (χ4n) is 4.93. The molecule has 4 aromatic rings. The van der Waals surface area contributed by atoms with Gasteiger partial charge in [-0.05, 0) is 48.7 Å². The molecule has 1 N–H and O–H groups in total. The topological polar surface area (TPSA) is 86.8 Å². The normalized spacial score (nSPS) is 11.9. The molecule has 0 unspecified atom stereocenters. The zero-order chi connectivity index (χ0) is 31.0.